The van der Waals surface area contributed by atoms with E-state index in [2.05, 4.69) is 6.08 Å². The Morgan fingerprint density at radius 2 is 1.53 bits per heavy atom. The van der Waals surface area contributed by atoms with Gasteiger partial charge in [0.2, 0.25) is 5.91 Å². The van der Waals surface area contributed by atoms with Gasteiger partial charge in [-0.2, -0.15) is 0 Å². The second kappa shape index (κ2) is 9.33. The van der Waals surface area contributed by atoms with Crippen LogP contribution in [0.1, 0.15) is 28.5 Å². The molecule has 0 unspecified atom stereocenters. The predicted molar refractivity (Wildman–Crippen MR) is 131 cm³/mol. The maximum Gasteiger partial charge on any atom is 0.230 e. The first-order valence-corrected chi connectivity index (χ1v) is 12.1. The molecule has 34 heavy (non-hydrogen) atoms. The molecule has 3 aromatic rings. The molecule has 1 heterocycles. The van der Waals surface area contributed by atoms with Gasteiger partial charge < -0.3 is 4.90 Å². The maximum atomic E-state index is 13.7. The number of benzene rings is 3. The molecule has 5 rings (SSSR count). The maximum absolute atomic E-state index is 13.7. The van der Waals surface area contributed by atoms with Crippen molar-refractivity contribution in [2.75, 3.05) is 6.54 Å². The van der Waals surface area contributed by atoms with Gasteiger partial charge in [-0.25, -0.2) is 8.78 Å². The average Bonchev–Trinajstić information content (AvgIpc) is 3.12. The van der Waals surface area contributed by atoms with Gasteiger partial charge in [-0.1, -0.05) is 71.2 Å². The second-order valence-electron chi connectivity index (χ2n) is 8.81. The molecule has 1 aliphatic heterocycles. The highest BCUT2D eigenvalue weighted by Crippen LogP contribution is 2.51. The molecule has 1 saturated heterocycles. The Morgan fingerprint density at radius 3 is 2.24 bits per heavy atom. The van der Waals surface area contributed by atoms with E-state index in [0.717, 1.165) is 23.3 Å². The van der Waals surface area contributed by atoms with Crippen LogP contribution in [-0.4, -0.2) is 17.4 Å². The number of hydrogen-bond donors (Lipinski definition) is 0. The molecule has 2 nitrogen and oxygen atoms in total. The van der Waals surface area contributed by atoms with Crippen molar-refractivity contribution in [1.29, 1.82) is 0 Å². The molecule has 1 fully saturated rings. The molecular weight excluding hydrogens is 499 g/mol. The van der Waals surface area contributed by atoms with Crippen LogP contribution in [0.5, 0.6) is 0 Å². The van der Waals surface area contributed by atoms with Gasteiger partial charge in [0.1, 0.15) is 0 Å². The summed E-state index contributed by atoms with van der Waals surface area (Å²) in [6.07, 6.45) is 4.01. The van der Waals surface area contributed by atoms with Crippen LogP contribution in [0.15, 0.2) is 72.8 Å². The van der Waals surface area contributed by atoms with Crippen molar-refractivity contribution in [2.24, 2.45) is 11.8 Å². The summed E-state index contributed by atoms with van der Waals surface area (Å²) in [5, 5.41) is 1.76. The molecule has 0 aromatic heterocycles. The zero-order valence-corrected chi connectivity index (χ0v) is 20.2. The fourth-order valence-corrected chi connectivity index (χ4v) is 5.91. The summed E-state index contributed by atoms with van der Waals surface area (Å²) >= 11 is 18.9. The Morgan fingerprint density at radius 1 is 0.824 bits per heavy atom. The fourth-order valence-electron chi connectivity index (χ4n) is 5.25. The highest BCUT2D eigenvalue weighted by atomic mass is 35.5. The number of carbonyl (C=O) groups is 1. The highest BCUT2D eigenvalue weighted by Gasteiger charge is 2.48. The SMILES string of the molecule is O=C1[C@H]2C=C[C@@H](c3ccc(Cl)cc3Cl)[C@@H](c3ccc(Cl)cc3)[C@@H]2CN1Cc1ccc(F)c(F)c1. The van der Waals surface area contributed by atoms with Crippen LogP contribution in [0.3, 0.4) is 0 Å². The molecule has 0 spiro atoms. The van der Waals surface area contributed by atoms with Gasteiger partial charge in [0.25, 0.3) is 0 Å². The molecule has 2 aliphatic rings. The first-order valence-electron chi connectivity index (χ1n) is 10.9. The monoisotopic (exact) mass is 517 g/mol. The molecular formula is C27H20Cl3F2NO. The topological polar surface area (TPSA) is 20.3 Å². The van der Waals surface area contributed by atoms with E-state index in [0.29, 0.717) is 27.2 Å². The minimum absolute atomic E-state index is 0.0226. The molecule has 1 aliphatic carbocycles. The summed E-state index contributed by atoms with van der Waals surface area (Å²) in [6.45, 7) is 0.707. The van der Waals surface area contributed by atoms with Crippen LogP contribution in [0.4, 0.5) is 8.78 Å². The third-order valence-corrected chi connectivity index (χ3v) is 7.61. The first kappa shape index (κ1) is 23.3. The lowest BCUT2D eigenvalue weighted by Gasteiger charge is -2.36. The predicted octanol–water partition coefficient (Wildman–Crippen LogP) is 7.64. The number of rotatable bonds is 4. The lowest BCUT2D eigenvalue weighted by molar-refractivity contribution is -0.130. The summed E-state index contributed by atoms with van der Waals surface area (Å²) in [5.41, 5.74) is 2.55. The average molecular weight is 519 g/mol. The minimum atomic E-state index is -0.919. The van der Waals surface area contributed by atoms with Crippen LogP contribution < -0.4 is 0 Å². The third kappa shape index (κ3) is 4.35. The van der Waals surface area contributed by atoms with E-state index in [1.54, 1.807) is 11.0 Å². The number of likely N-dealkylation sites (tertiary alicyclic amines) is 1. The summed E-state index contributed by atoms with van der Waals surface area (Å²) in [7, 11) is 0. The normalized spacial score (nSPS) is 23.9. The first-order chi connectivity index (χ1) is 16.3. The summed E-state index contributed by atoms with van der Waals surface area (Å²) < 4.78 is 27.1. The Kier molecular flexibility index (Phi) is 6.41. The van der Waals surface area contributed by atoms with Gasteiger partial charge in [0.15, 0.2) is 11.6 Å². The van der Waals surface area contributed by atoms with Crippen LogP contribution in [0, 0.1) is 23.5 Å². The van der Waals surface area contributed by atoms with E-state index in [-0.39, 0.29) is 36.1 Å². The zero-order chi connectivity index (χ0) is 24.0. The van der Waals surface area contributed by atoms with Crippen molar-refractivity contribution in [3.05, 3.63) is 116 Å². The van der Waals surface area contributed by atoms with E-state index in [1.165, 1.54) is 6.07 Å². The molecule has 0 saturated carbocycles. The van der Waals surface area contributed by atoms with Gasteiger partial charge in [-0.3, -0.25) is 4.79 Å². The zero-order valence-electron chi connectivity index (χ0n) is 17.9. The van der Waals surface area contributed by atoms with Crippen molar-refractivity contribution in [1.82, 2.24) is 4.90 Å². The quantitative estimate of drug-likeness (QED) is 0.325. The van der Waals surface area contributed by atoms with Crippen molar-refractivity contribution in [2.45, 2.75) is 18.4 Å². The number of hydrogen-bond acceptors (Lipinski definition) is 1. The molecule has 4 atom stereocenters. The number of halogens is 5. The number of carbonyl (C=O) groups excluding carboxylic acids is 1. The van der Waals surface area contributed by atoms with Crippen LogP contribution >= 0.6 is 34.8 Å². The van der Waals surface area contributed by atoms with Gasteiger partial charge in [0, 0.05) is 34.1 Å². The summed E-state index contributed by atoms with van der Waals surface area (Å²) in [6, 6.07) is 16.9. The van der Waals surface area contributed by atoms with E-state index in [4.69, 9.17) is 34.8 Å². The lowest BCUT2D eigenvalue weighted by Crippen LogP contribution is -2.29. The molecule has 0 N–H and O–H groups in total. The number of fused-ring (bicyclic) bond motifs is 1. The van der Waals surface area contributed by atoms with Crippen molar-refractivity contribution in [3.63, 3.8) is 0 Å². The van der Waals surface area contributed by atoms with Crippen LogP contribution in [0.25, 0.3) is 0 Å². The van der Waals surface area contributed by atoms with Crippen LogP contribution in [0.2, 0.25) is 15.1 Å². The summed E-state index contributed by atoms with van der Waals surface area (Å²) in [5.74, 6) is -2.29. The van der Waals surface area contributed by atoms with Crippen molar-refractivity contribution >= 4 is 40.7 Å². The third-order valence-electron chi connectivity index (χ3n) is 6.80. The number of allylic oxidation sites excluding steroid dienone is 1. The van der Waals surface area contributed by atoms with E-state index in [1.807, 2.05) is 42.5 Å². The van der Waals surface area contributed by atoms with Gasteiger partial charge in [0.05, 0.1) is 5.92 Å². The van der Waals surface area contributed by atoms with Crippen LogP contribution in [-0.2, 0) is 11.3 Å². The lowest BCUT2D eigenvalue weighted by atomic mass is 9.67. The standard InChI is InChI=1S/C27H20Cl3F2NO/c28-17-4-2-16(3-5-17)26-20(19-7-6-18(29)12-23(19)30)8-9-21-22(26)14-33(27(21)34)13-15-1-10-24(31)25(32)11-15/h1-12,20-22,26H,13-14H2/t20-,21-,22+,26+/m0/s1. The molecule has 0 bridgehead atoms. The van der Waals surface area contributed by atoms with Gasteiger partial charge >= 0.3 is 0 Å². The number of amides is 1. The second-order valence-corrected chi connectivity index (χ2v) is 10.1. The molecule has 1 amide bonds. The van der Waals surface area contributed by atoms with E-state index >= 15 is 0 Å². The Balaban J connectivity index is 1.51. The Labute approximate surface area is 211 Å². The number of nitrogens with zero attached hydrogens (tertiary/aromatic N) is 1. The Bertz CT molecular complexity index is 1280. The molecule has 174 valence electrons. The largest absolute Gasteiger partial charge is 0.338 e. The fraction of sp³-hybridized carbons (Fsp3) is 0.222. The van der Waals surface area contributed by atoms with Gasteiger partial charge in [-0.05, 0) is 64.9 Å². The molecule has 7 heteroatoms. The van der Waals surface area contributed by atoms with Crippen molar-refractivity contribution in [3.8, 4) is 0 Å². The van der Waals surface area contributed by atoms with Crippen molar-refractivity contribution < 1.29 is 13.6 Å². The minimum Gasteiger partial charge on any atom is -0.338 e. The van der Waals surface area contributed by atoms with E-state index in [9.17, 15) is 13.6 Å². The Hall–Kier alpha value is -2.40. The summed E-state index contributed by atoms with van der Waals surface area (Å²) in [4.78, 5) is 15.0. The van der Waals surface area contributed by atoms with Gasteiger partial charge in [-0.15, -0.1) is 0 Å². The van der Waals surface area contributed by atoms with E-state index < -0.39 is 11.6 Å². The highest BCUT2D eigenvalue weighted by molar-refractivity contribution is 6.35. The smallest absolute Gasteiger partial charge is 0.230 e. The molecule has 0 radical (unpaired) electrons. The molecule has 3 aromatic carbocycles.